The second kappa shape index (κ2) is 38.4. The number of nitrogens with one attached hydrogen (secondary N) is 3. The molecule has 0 aliphatic carbocycles. The maximum atomic E-state index is 12.5. The van der Waals surface area contributed by atoms with Gasteiger partial charge >= 0.3 is 0 Å². The van der Waals surface area contributed by atoms with Crippen molar-refractivity contribution >= 4 is 30.8 Å². The van der Waals surface area contributed by atoms with Crippen LogP contribution in [0.3, 0.4) is 0 Å². The molecular formula is C46H91BN4O15. The van der Waals surface area contributed by atoms with Gasteiger partial charge in [-0.25, -0.2) is 0 Å². The summed E-state index contributed by atoms with van der Waals surface area (Å²) >= 11 is 0. The van der Waals surface area contributed by atoms with Crippen molar-refractivity contribution in [1.82, 2.24) is 20.9 Å². The molecule has 0 aliphatic heterocycles. The van der Waals surface area contributed by atoms with Gasteiger partial charge < -0.3 is 73.3 Å². The molecule has 0 spiro atoms. The van der Waals surface area contributed by atoms with E-state index in [-0.39, 0.29) is 61.8 Å². The number of carbonyl (C=O) groups excluding carboxylic acids is 4. The fourth-order valence-electron chi connectivity index (χ4n) is 5.89. The molecule has 0 atom stereocenters. The van der Waals surface area contributed by atoms with E-state index in [1.165, 1.54) is 0 Å². The number of hydrogen-bond donors (Lipinski definition) is 4. The third-order valence-corrected chi connectivity index (χ3v) is 9.95. The molecule has 66 heavy (non-hydrogen) atoms. The van der Waals surface area contributed by atoms with E-state index in [0.29, 0.717) is 152 Å². The van der Waals surface area contributed by atoms with E-state index >= 15 is 0 Å². The van der Waals surface area contributed by atoms with Crippen molar-refractivity contribution in [3.8, 4) is 0 Å². The smallest absolute Gasteiger partial charge is 0.230 e. The van der Waals surface area contributed by atoms with Gasteiger partial charge in [-0.1, -0.05) is 6.82 Å². The zero-order valence-electron chi connectivity index (χ0n) is 42.6. The van der Waals surface area contributed by atoms with Crippen LogP contribution in [0.25, 0.3) is 0 Å². The lowest BCUT2D eigenvalue weighted by atomic mass is 9.80. The molecule has 0 aromatic heterocycles. The molecule has 19 nitrogen and oxygen atoms in total. The topological polar surface area (TPSA) is 220 Å². The molecule has 0 unspecified atom stereocenters. The van der Waals surface area contributed by atoms with E-state index in [4.69, 9.17) is 47.4 Å². The van der Waals surface area contributed by atoms with E-state index < -0.39 is 16.7 Å². The van der Waals surface area contributed by atoms with Crippen LogP contribution in [0.2, 0.25) is 6.82 Å². The Morgan fingerprint density at radius 1 is 0.485 bits per heavy atom. The number of hydrogen-bond acceptors (Lipinski definition) is 15. The normalized spacial score (nSPS) is 12.3. The minimum atomic E-state index is -0.649. The van der Waals surface area contributed by atoms with Gasteiger partial charge in [-0.3, -0.25) is 19.2 Å². The van der Waals surface area contributed by atoms with Crippen LogP contribution in [0.4, 0.5) is 4.79 Å². The Balaban J connectivity index is 3.80. The maximum Gasteiger partial charge on any atom is 0.230 e. The molecule has 4 amide bonds. The van der Waals surface area contributed by atoms with Crippen molar-refractivity contribution in [2.45, 2.75) is 130 Å². The lowest BCUT2D eigenvalue weighted by Gasteiger charge is -2.30. The van der Waals surface area contributed by atoms with E-state index in [1.54, 1.807) is 18.7 Å². The van der Waals surface area contributed by atoms with Crippen molar-refractivity contribution in [3.63, 3.8) is 0 Å². The molecule has 20 heteroatoms. The van der Waals surface area contributed by atoms with Crippen molar-refractivity contribution in [2.75, 3.05) is 145 Å². The first kappa shape index (κ1) is 63.5. The van der Waals surface area contributed by atoms with Crippen LogP contribution in [-0.4, -0.2) is 208 Å². The van der Waals surface area contributed by atoms with Crippen LogP contribution >= 0.6 is 0 Å². The molecule has 0 rings (SSSR count). The van der Waals surface area contributed by atoms with Gasteiger partial charge in [-0.05, 0) is 81.6 Å². The first-order valence-corrected chi connectivity index (χ1v) is 23.9. The molecule has 388 valence electrons. The molecule has 0 saturated carbocycles. The van der Waals surface area contributed by atoms with Crippen molar-refractivity contribution < 1.29 is 71.7 Å². The number of carbonyl (C=O) groups is 4. The highest BCUT2D eigenvalue weighted by Crippen LogP contribution is 2.20. The number of amides is 4. The molecule has 0 aromatic rings. The predicted octanol–water partition coefficient (Wildman–Crippen LogP) is 2.87. The third kappa shape index (κ3) is 39.5. The highest BCUT2D eigenvalue weighted by molar-refractivity contribution is 6.72. The van der Waals surface area contributed by atoms with E-state index in [9.17, 15) is 24.3 Å². The summed E-state index contributed by atoms with van der Waals surface area (Å²) in [7, 11) is 0.394. The number of aliphatic hydroxyl groups excluding tert-OH is 1. The summed E-state index contributed by atoms with van der Waals surface area (Å²) in [6, 6.07) is 0. The minimum Gasteiger partial charge on any atom is -0.394 e. The average molecular weight is 951 g/mol. The van der Waals surface area contributed by atoms with Crippen LogP contribution in [0.5, 0.6) is 0 Å². The number of ether oxygens (including phenoxy) is 10. The summed E-state index contributed by atoms with van der Waals surface area (Å²) in [5.41, 5.74) is -1.85. The third-order valence-electron chi connectivity index (χ3n) is 9.95. The number of aliphatic hydroxyl groups is 1. The van der Waals surface area contributed by atoms with Gasteiger partial charge in [0, 0.05) is 57.6 Å². The quantitative estimate of drug-likeness (QED) is 0.0510. The highest BCUT2D eigenvalue weighted by atomic mass is 16.6. The van der Waals surface area contributed by atoms with Gasteiger partial charge in [0.05, 0.1) is 129 Å². The second-order valence-corrected chi connectivity index (χ2v) is 18.3. The average Bonchev–Trinajstić information content (AvgIpc) is 3.24. The maximum absolute atomic E-state index is 12.5. The van der Waals surface area contributed by atoms with E-state index in [1.807, 2.05) is 55.3 Å². The van der Waals surface area contributed by atoms with Crippen LogP contribution in [0, 0.1) is 0 Å². The number of rotatable bonds is 46. The van der Waals surface area contributed by atoms with Gasteiger partial charge in [0.1, 0.15) is 0 Å². The zero-order chi connectivity index (χ0) is 49.6. The standard InChI is InChI=1S/C46H91BN4O15/c1-11-65-46(8,9)16-18-48-39(53)12-15-45(6,7)66-23-17-43(2,3)49-40(54)13-21-57-26-30-61-34-36-63-32-28-59-24-19-51(42(56)47-10)20-25-60-29-33-64-37-35-62-31-27-58-22-14-41(55)50-44(4,5)38-52/h47,52H,11-38H2,1-10H3,(H,48,53)(H,49,54)(H,50,55). The zero-order valence-corrected chi connectivity index (χ0v) is 42.6. The Labute approximate surface area is 397 Å². The fourth-order valence-corrected chi connectivity index (χ4v) is 5.89. The molecule has 0 radical (unpaired) electrons. The van der Waals surface area contributed by atoms with Crippen LogP contribution in [0.15, 0.2) is 0 Å². The summed E-state index contributed by atoms with van der Waals surface area (Å²) < 4.78 is 56.2. The molecule has 0 aromatic carbocycles. The van der Waals surface area contributed by atoms with Gasteiger partial charge in [-0.2, -0.15) is 0 Å². The van der Waals surface area contributed by atoms with Gasteiger partial charge in [0.2, 0.25) is 25.0 Å². The predicted molar refractivity (Wildman–Crippen MR) is 255 cm³/mol. The Bertz CT molecular complexity index is 1260. The van der Waals surface area contributed by atoms with E-state index in [0.717, 1.165) is 6.42 Å². The van der Waals surface area contributed by atoms with Crippen LogP contribution < -0.4 is 16.0 Å². The van der Waals surface area contributed by atoms with Crippen molar-refractivity contribution in [3.05, 3.63) is 0 Å². The summed E-state index contributed by atoms with van der Waals surface area (Å²) in [5.74, 6) is -0.248. The molecule has 0 fully saturated rings. The Morgan fingerprint density at radius 2 is 0.879 bits per heavy atom. The highest BCUT2D eigenvalue weighted by Gasteiger charge is 2.25. The second-order valence-electron chi connectivity index (χ2n) is 18.3. The first-order chi connectivity index (χ1) is 31.3. The first-order valence-electron chi connectivity index (χ1n) is 23.9. The lowest BCUT2D eigenvalue weighted by molar-refractivity contribution is -0.125. The van der Waals surface area contributed by atoms with Crippen molar-refractivity contribution in [1.29, 1.82) is 0 Å². The van der Waals surface area contributed by atoms with E-state index in [2.05, 4.69) is 16.0 Å². The fraction of sp³-hybridized carbons (Fsp3) is 0.913. The molecule has 4 N–H and O–H groups in total. The summed E-state index contributed by atoms with van der Waals surface area (Å²) in [6.45, 7) is 27.7. The Kier molecular flexibility index (Phi) is 36.9. The van der Waals surface area contributed by atoms with Crippen LogP contribution in [0.1, 0.15) is 101 Å². The SMILES string of the molecule is CBC(=O)N(CCOCCOCCOCCOCCC(=O)NC(C)(C)CO)CCOCCOCCOCCOCCC(=O)NC(C)(C)CCOC(C)(C)CCC(=O)NCCC(C)(C)OCC. The summed E-state index contributed by atoms with van der Waals surface area (Å²) in [4.78, 5) is 50.8. The van der Waals surface area contributed by atoms with Gasteiger partial charge in [0.15, 0.2) is 5.81 Å². The summed E-state index contributed by atoms with van der Waals surface area (Å²) in [5, 5.41) is 18.0. The molecule has 0 aliphatic rings. The number of nitrogens with zero attached hydrogens (tertiary/aromatic N) is 1. The van der Waals surface area contributed by atoms with Crippen LogP contribution in [-0.2, 0) is 61.8 Å². The molecule has 0 heterocycles. The molecular weight excluding hydrogens is 859 g/mol. The summed E-state index contributed by atoms with van der Waals surface area (Å²) in [6.07, 6.45) is 2.78. The molecule has 0 bridgehead atoms. The Morgan fingerprint density at radius 3 is 1.29 bits per heavy atom. The monoisotopic (exact) mass is 951 g/mol. The largest absolute Gasteiger partial charge is 0.394 e. The lowest BCUT2D eigenvalue weighted by Crippen LogP contribution is -2.46. The van der Waals surface area contributed by atoms with Gasteiger partial charge in [0.25, 0.3) is 0 Å². The Hall–Kier alpha value is -2.50. The van der Waals surface area contributed by atoms with Crippen molar-refractivity contribution in [2.24, 2.45) is 0 Å². The van der Waals surface area contributed by atoms with Gasteiger partial charge in [-0.15, -0.1) is 0 Å². The molecule has 0 saturated heterocycles. The minimum absolute atomic E-state index is 0.00223.